The van der Waals surface area contributed by atoms with Crippen molar-refractivity contribution < 1.29 is 10.2 Å². The normalized spacial score (nSPS) is 11.8. The second kappa shape index (κ2) is 5.17. The summed E-state index contributed by atoms with van der Waals surface area (Å²) >= 11 is 11.8. The van der Waals surface area contributed by atoms with Crippen molar-refractivity contribution in [1.82, 2.24) is 0 Å². The van der Waals surface area contributed by atoms with E-state index in [9.17, 15) is 10.2 Å². The lowest BCUT2D eigenvalue weighted by molar-refractivity contribution is 0.0704. The Kier molecular flexibility index (Phi) is 4.41. The predicted octanol–water partition coefficient (Wildman–Crippen LogP) is 2.53. The molecule has 0 atom stereocenters. The Balaban J connectivity index is 2.92. The predicted molar refractivity (Wildman–Crippen MR) is 62.4 cm³/mol. The van der Waals surface area contributed by atoms with E-state index in [0.29, 0.717) is 16.5 Å². The van der Waals surface area contributed by atoms with Gasteiger partial charge in [0, 0.05) is 15.5 Å². The first kappa shape index (κ1) is 12.8. The van der Waals surface area contributed by atoms with Crippen LogP contribution in [0.5, 0.6) is 0 Å². The zero-order chi connectivity index (χ0) is 11.5. The van der Waals surface area contributed by atoms with Gasteiger partial charge in [0.2, 0.25) is 0 Å². The number of rotatable bonds is 4. The number of hydrogen-bond donors (Lipinski definition) is 2. The maximum absolute atomic E-state index is 9.17. The molecule has 0 saturated heterocycles. The van der Waals surface area contributed by atoms with Crippen LogP contribution < -0.4 is 0 Å². The summed E-state index contributed by atoms with van der Waals surface area (Å²) in [6, 6.07) is 5.18. The van der Waals surface area contributed by atoms with Gasteiger partial charge in [0.25, 0.3) is 0 Å². The molecule has 0 heterocycles. The van der Waals surface area contributed by atoms with Gasteiger partial charge in [-0.25, -0.2) is 0 Å². The number of halogens is 2. The quantitative estimate of drug-likeness (QED) is 0.860. The molecule has 0 unspecified atom stereocenters. The average Bonchev–Trinajstić information content (AvgIpc) is 2.23. The third-order valence-electron chi connectivity index (χ3n) is 2.39. The fourth-order valence-corrected chi connectivity index (χ4v) is 1.68. The van der Waals surface area contributed by atoms with Crippen molar-refractivity contribution in [2.75, 3.05) is 13.2 Å². The van der Waals surface area contributed by atoms with Crippen LogP contribution in [0.15, 0.2) is 18.2 Å². The molecule has 84 valence electrons. The van der Waals surface area contributed by atoms with Crippen LogP contribution in [0.2, 0.25) is 10.0 Å². The van der Waals surface area contributed by atoms with E-state index < -0.39 is 5.41 Å². The van der Waals surface area contributed by atoms with E-state index in [1.807, 2.05) is 0 Å². The average molecular weight is 249 g/mol. The van der Waals surface area contributed by atoms with E-state index in [0.717, 1.165) is 5.56 Å². The molecular formula is C11H14Cl2O2. The van der Waals surface area contributed by atoms with Gasteiger partial charge in [-0.2, -0.15) is 0 Å². The van der Waals surface area contributed by atoms with Crippen LogP contribution >= 0.6 is 23.2 Å². The molecule has 0 amide bonds. The van der Waals surface area contributed by atoms with Gasteiger partial charge in [0.15, 0.2) is 0 Å². The Morgan fingerprint density at radius 1 is 1.20 bits per heavy atom. The van der Waals surface area contributed by atoms with Gasteiger partial charge in [-0.05, 0) is 30.2 Å². The number of aliphatic hydroxyl groups is 2. The minimum atomic E-state index is -0.561. The van der Waals surface area contributed by atoms with E-state index in [-0.39, 0.29) is 13.2 Å². The van der Waals surface area contributed by atoms with Crippen molar-refractivity contribution >= 4 is 23.2 Å². The lowest BCUT2D eigenvalue weighted by Gasteiger charge is -2.25. The first-order valence-corrected chi connectivity index (χ1v) is 5.42. The van der Waals surface area contributed by atoms with Crippen molar-refractivity contribution in [3.05, 3.63) is 33.8 Å². The SMILES string of the molecule is CC(CO)(CO)Cc1cc(Cl)ccc1Cl. The van der Waals surface area contributed by atoms with Crippen molar-refractivity contribution in [3.8, 4) is 0 Å². The zero-order valence-electron chi connectivity index (χ0n) is 8.50. The van der Waals surface area contributed by atoms with Crippen LogP contribution in [0.1, 0.15) is 12.5 Å². The summed E-state index contributed by atoms with van der Waals surface area (Å²) in [6.45, 7) is 1.61. The molecule has 2 N–H and O–H groups in total. The van der Waals surface area contributed by atoms with Crippen LogP contribution in [0.3, 0.4) is 0 Å². The summed E-state index contributed by atoms with van der Waals surface area (Å²) in [4.78, 5) is 0. The summed E-state index contributed by atoms with van der Waals surface area (Å²) in [5, 5.41) is 19.5. The highest BCUT2D eigenvalue weighted by Gasteiger charge is 2.24. The maximum Gasteiger partial charge on any atom is 0.0509 e. The molecule has 0 spiro atoms. The molecule has 1 rings (SSSR count). The summed E-state index contributed by atoms with van der Waals surface area (Å²) in [5.41, 5.74) is 0.281. The van der Waals surface area contributed by atoms with Crippen LogP contribution in [-0.4, -0.2) is 23.4 Å². The molecule has 0 saturated carbocycles. The first-order chi connectivity index (χ1) is 7.00. The van der Waals surface area contributed by atoms with Gasteiger partial charge in [-0.3, -0.25) is 0 Å². The fourth-order valence-electron chi connectivity index (χ4n) is 1.30. The van der Waals surface area contributed by atoms with E-state index in [4.69, 9.17) is 23.2 Å². The Labute approximate surface area is 99.5 Å². The summed E-state index contributed by atoms with van der Waals surface area (Å²) in [5.74, 6) is 0. The molecule has 1 aromatic carbocycles. The summed E-state index contributed by atoms with van der Waals surface area (Å²) in [7, 11) is 0. The Hall–Kier alpha value is -0.280. The molecule has 0 radical (unpaired) electrons. The Bertz CT molecular complexity index is 335. The maximum atomic E-state index is 9.17. The van der Waals surface area contributed by atoms with E-state index >= 15 is 0 Å². The van der Waals surface area contributed by atoms with Crippen LogP contribution in [0.4, 0.5) is 0 Å². The minimum Gasteiger partial charge on any atom is -0.396 e. The fraction of sp³-hybridized carbons (Fsp3) is 0.455. The third kappa shape index (κ3) is 3.35. The van der Waals surface area contributed by atoms with Crippen LogP contribution in [0, 0.1) is 5.41 Å². The molecule has 0 aliphatic heterocycles. The minimum absolute atomic E-state index is 0.0909. The first-order valence-electron chi connectivity index (χ1n) is 4.66. The summed E-state index contributed by atoms with van der Waals surface area (Å²) in [6.07, 6.45) is 0.499. The molecule has 15 heavy (non-hydrogen) atoms. The lowest BCUT2D eigenvalue weighted by Crippen LogP contribution is -2.28. The molecular weight excluding hydrogens is 235 g/mol. The van der Waals surface area contributed by atoms with E-state index in [1.54, 1.807) is 25.1 Å². The molecule has 1 aromatic rings. The van der Waals surface area contributed by atoms with Crippen molar-refractivity contribution in [1.29, 1.82) is 0 Å². The van der Waals surface area contributed by atoms with Gasteiger partial charge in [-0.1, -0.05) is 30.1 Å². The molecule has 4 heteroatoms. The van der Waals surface area contributed by atoms with Crippen molar-refractivity contribution in [2.45, 2.75) is 13.3 Å². The summed E-state index contributed by atoms with van der Waals surface area (Å²) < 4.78 is 0. The van der Waals surface area contributed by atoms with Crippen molar-refractivity contribution in [2.24, 2.45) is 5.41 Å². The molecule has 2 nitrogen and oxygen atoms in total. The number of hydrogen-bond acceptors (Lipinski definition) is 2. The van der Waals surface area contributed by atoms with Gasteiger partial charge < -0.3 is 10.2 Å². The second-order valence-corrected chi connectivity index (χ2v) is 4.88. The molecule has 0 aromatic heterocycles. The second-order valence-electron chi connectivity index (χ2n) is 4.04. The van der Waals surface area contributed by atoms with Gasteiger partial charge in [0.05, 0.1) is 13.2 Å². The Morgan fingerprint density at radius 2 is 1.80 bits per heavy atom. The molecule has 0 fully saturated rings. The van der Waals surface area contributed by atoms with Crippen LogP contribution in [-0.2, 0) is 6.42 Å². The lowest BCUT2D eigenvalue weighted by atomic mass is 9.85. The highest BCUT2D eigenvalue weighted by molar-refractivity contribution is 6.33. The molecule has 0 bridgehead atoms. The van der Waals surface area contributed by atoms with Gasteiger partial charge >= 0.3 is 0 Å². The number of aliphatic hydroxyl groups excluding tert-OH is 2. The van der Waals surface area contributed by atoms with Gasteiger partial charge in [-0.15, -0.1) is 0 Å². The number of benzene rings is 1. The van der Waals surface area contributed by atoms with Gasteiger partial charge in [0.1, 0.15) is 0 Å². The Morgan fingerprint density at radius 3 is 2.33 bits per heavy atom. The van der Waals surface area contributed by atoms with Crippen LogP contribution in [0.25, 0.3) is 0 Å². The van der Waals surface area contributed by atoms with E-state index in [2.05, 4.69) is 0 Å². The third-order valence-corrected chi connectivity index (χ3v) is 2.99. The highest BCUT2D eigenvalue weighted by atomic mass is 35.5. The van der Waals surface area contributed by atoms with Crippen molar-refractivity contribution in [3.63, 3.8) is 0 Å². The highest BCUT2D eigenvalue weighted by Crippen LogP contribution is 2.28. The van der Waals surface area contributed by atoms with E-state index in [1.165, 1.54) is 0 Å². The molecule has 0 aliphatic carbocycles. The largest absolute Gasteiger partial charge is 0.396 e. The topological polar surface area (TPSA) is 40.5 Å². The molecule has 0 aliphatic rings. The monoisotopic (exact) mass is 248 g/mol. The zero-order valence-corrected chi connectivity index (χ0v) is 10.0. The smallest absolute Gasteiger partial charge is 0.0509 e. The standard InChI is InChI=1S/C11H14Cl2O2/c1-11(6-14,7-15)5-8-4-9(12)2-3-10(8)13/h2-4,14-15H,5-7H2,1H3.